The first-order valence-corrected chi connectivity index (χ1v) is 11.8. The topological polar surface area (TPSA) is 101 Å². The fraction of sp³-hybridized carbons (Fsp3) is 0.0952. The molecule has 1 atom stereocenters. The number of nitrogens with zero attached hydrogens (tertiary/aromatic N) is 2. The molecule has 0 aliphatic heterocycles. The van der Waals surface area contributed by atoms with Crippen LogP contribution in [0.1, 0.15) is 17.2 Å². The van der Waals surface area contributed by atoms with Gasteiger partial charge in [-0.15, -0.1) is 0 Å². The number of rotatable bonds is 6. The van der Waals surface area contributed by atoms with Crippen molar-refractivity contribution in [2.45, 2.75) is 17.9 Å². The molecule has 0 aliphatic rings. The molecule has 0 spiro atoms. The van der Waals surface area contributed by atoms with Crippen LogP contribution in [-0.2, 0) is 14.8 Å². The number of aromatic nitrogens is 2. The fourth-order valence-electron chi connectivity index (χ4n) is 3.02. The molecule has 0 fully saturated rings. The summed E-state index contributed by atoms with van der Waals surface area (Å²) in [6.45, 7) is 1.85. The van der Waals surface area contributed by atoms with Crippen molar-refractivity contribution in [3.8, 4) is 0 Å². The number of anilines is 1. The van der Waals surface area contributed by atoms with Crippen LogP contribution in [0.5, 0.6) is 0 Å². The summed E-state index contributed by atoms with van der Waals surface area (Å²) in [6.07, 6.45) is 0. The number of carbonyl (C=O) groups is 1. The van der Waals surface area contributed by atoms with Gasteiger partial charge in [0.15, 0.2) is 0 Å². The maximum absolute atomic E-state index is 13.2. The monoisotopic (exact) mass is 472 g/mol. The molecule has 10 heteroatoms. The van der Waals surface area contributed by atoms with Gasteiger partial charge in [-0.2, -0.15) is 13.5 Å². The van der Waals surface area contributed by atoms with Gasteiger partial charge in [-0.1, -0.05) is 54.1 Å². The van der Waals surface area contributed by atoms with Crippen molar-refractivity contribution in [2.75, 3.05) is 5.32 Å². The highest BCUT2D eigenvalue weighted by Gasteiger charge is 2.29. The molecule has 0 unspecified atom stereocenters. The lowest BCUT2D eigenvalue weighted by Gasteiger charge is -2.19. The Kier molecular flexibility index (Phi) is 6.01. The summed E-state index contributed by atoms with van der Waals surface area (Å²) in [5.74, 6) is -0.543. The van der Waals surface area contributed by atoms with Gasteiger partial charge in [-0.25, -0.2) is 8.42 Å². The van der Waals surface area contributed by atoms with E-state index in [1.54, 1.807) is 60.7 Å². The highest BCUT2D eigenvalue weighted by atomic mass is 35.5. The fourth-order valence-corrected chi connectivity index (χ4v) is 5.15. The molecular formula is C21H17ClN4O3S2. The first-order valence-electron chi connectivity index (χ1n) is 9.21. The second-order valence-electron chi connectivity index (χ2n) is 6.81. The maximum Gasteiger partial charge on any atom is 0.247 e. The van der Waals surface area contributed by atoms with Gasteiger partial charge in [-0.05, 0) is 42.3 Å². The standard InChI is InChI=1S/C21H17ClN4O3S2/c1-13-10-11-15(12-16(13)22)23-21(27)19(14-6-3-2-4-7-14)26-31(28,29)18-9-5-8-17-20(18)25-30-24-17/h2-12,19,26H,1H3,(H,23,27)/t19-/m0/s1. The minimum atomic E-state index is -4.09. The maximum atomic E-state index is 13.2. The number of benzene rings is 3. The highest BCUT2D eigenvalue weighted by Crippen LogP contribution is 2.25. The third-order valence-electron chi connectivity index (χ3n) is 4.65. The molecule has 1 amide bonds. The van der Waals surface area contributed by atoms with Crippen LogP contribution in [0.2, 0.25) is 5.02 Å². The van der Waals surface area contributed by atoms with Crippen molar-refractivity contribution < 1.29 is 13.2 Å². The summed E-state index contributed by atoms with van der Waals surface area (Å²) >= 11 is 7.08. The van der Waals surface area contributed by atoms with Gasteiger partial charge in [0.1, 0.15) is 22.0 Å². The Bertz CT molecular complexity index is 1360. The molecule has 3 aromatic carbocycles. The average molecular weight is 473 g/mol. The van der Waals surface area contributed by atoms with Crippen LogP contribution in [0.3, 0.4) is 0 Å². The summed E-state index contributed by atoms with van der Waals surface area (Å²) in [6, 6.07) is 17.2. The number of aryl methyl sites for hydroxylation is 1. The third kappa shape index (κ3) is 4.59. The summed E-state index contributed by atoms with van der Waals surface area (Å²) in [4.78, 5) is 13.1. The molecule has 0 saturated carbocycles. The molecule has 4 rings (SSSR count). The Balaban J connectivity index is 1.69. The van der Waals surface area contributed by atoms with Crippen LogP contribution in [0.25, 0.3) is 11.0 Å². The van der Waals surface area contributed by atoms with Crippen LogP contribution < -0.4 is 10.0 Å². The Hall–Kier alpha value is -2.85. The van der Waals surface area contributed by atoms with Crippen LogP contribution in [0.15, 0.2) is 71.6 Å². The minimum absolute atomic E-state index is 0.0362. The molecule has 0 aliphatic carbocycles. The van der Waals surface area contributed by atoms with Crippen LogP contribution >= 0.6 is 23.3 Å². The average Bonchev–Trinajstić information content (AvgIpc) is 3.24. The molecule has 0 radical (unpaired) electrons. The van der Waals surface area contributed by atoms with Gasteiger partial charge in [-0.3, -0.25) is 4.79 Å². The summed E-state index contributed by atoms with van der Waals surface area (Å²) in [5, 5.41) is 3.24. The number of fused-ring (bicyclic) bond motifs is 1. The van der Waals surface area contributed by atoms with Gasteiger partial charge < -0.3 is 5.32 Å². The van der Waals surface area contributed by atoms with Crippen molar-refractivity contribution in [3.05, 3.63) is 82.9 Å². The molecule has 1 aromatic heterocycles. The van der Waals surface area contributed by atoms with Crippen molar-refractivity contribution in [3.63, 3.8) is 0 Å². The van der Waals surface area contributed by atoms with E-state index in [0.717, 1.165) is 17.3 Å². The van der Waals surface area contributed by atoms with Crippen molar-refractivity contribution in [1.82, 2.24) is 13.5 Å². The van der Waals surface area contributed by atoms with Crippen LogP contribution in [-0.4, -0.2) is 23.1 Å². The Morgan fingerprint density at radius 3 is 2.55 bits per heavy atom. The molecule has 158 valence electrons. The van der Waals surface area contributed by atoms with Crippen LogP contribution in [0, 0.1) is 6.92 Å². The molecular weight excluding hydrogens is 456 g/mol. The van der Waals surface area contributed by atoms with Gasteiger partial charge in [0.2, 0.25) is 15.9 Å². The number of halogens is 1. The Morgan fingerprint density at radius 2 is 1.81 bits per heavy atom. The number of hydrogen-bond acceptors (Lipinski definition) is 6. The second kappa shape index (κ2) is 8.72. The minimum Gasteiger partial charge on any atom is -0.324 e. The van der Waals surface area contributed by atoms with Gasteiger partial charge >= 0.3 is 0 Å². The summed E-state index contributed by atoms with van der Waals surface area (Å²) < 4.78 is 37.1. The predicted molar refractivity (Wildman–Crippen MR) is 122 cm³/mol. The van der Waals surface area contributed by atoms with E-state index in [0.29, 0.717) is 21.8 Å². The smallest absolute Gasteiger partial charge is 0.247 e. The van der Waals surface area contributed by atoms with E-state index < -0.39 is 22.0 Å². The molecule has 7 nitrogen and oxygen atoms in total. The third-order valence-corrected chi connectivity index (χ3v) is 7.05. The number of sulfonamides is 1. The molecule has 2 N–H and O–H groups in total. The predicted octanol–water partition coefficient (Wildman–Crippen LogP) is 4.31. The summed E-state index contributed by atoms with van der Waals surface area (Å²) in [5.41, 5.74) is 2.56. The lowest BCUT2D eigenvalue weighted by molar-refractivity contribution is -0.117. The van der Waals surface area contributed by atoms with Crippen molar-refractivity contribution in [2.24, 2.45) is 0 Å². The number of amides is 1. The lowest BCUT2D eigenvalue weighted by Crippen LogP contribution is -2.37. The Labute approximate surface area is 188 Å². The molecule has 4 aromatic rings. The van der Waals surface area contributed by atoms with Crippen LogP contribution in [0.4, 0.5) is 5.69 Å². The molecule has 0 saturated heterocycles. The first-order chi connectivity index (χ1) is 14.8. The van der Waals surface area contributed by atoms with Gasteiger partial charge in [0.25, 0.3) is 0 Å². The normalized spacial score (nSPS) is 12.6. The van der Waals surface area contributed by atoms with E-state index in [-0.39, 0.29) is 10.4 Å². The number of nitrogens with one attached hydrogen (secondary N) is 2. The van der Waals surface area contributed by atoms with E-state index in [1.165, 1.54) is 6.07 Å². The molecule has 31 heavy (non-hydrogen) atoms. The SMILES string of the molecule is Cc1ccc(NC(=O)[C@@H](NS(=O)(=O)c2cccc3nsnc23)c2ccccc2)cc1Cl. The zero-order valence-corrected chi connectivity index (χ0v) is 18.6. The molecule has 0 bridgehead atoms. The zero-order valence-electron chi connectivity index (χ0n) is 16.2. The van der Waals surface area contributed by atoms with E-state index in [9.17, 15) is 13.2 Å². The second-order valence-corrected chi connectivity index (χ2v) is 9.42. The highest BCUT2D eigenvalue weighted by molar-refractivity contribution is 7.89. The van der Waals surface area contributed by atoms with Crippen molar-refractivity contribution >= 4 is 56.0 Å². The quantitative estimate of drug-likeness (QED) is 0.435. The van der Waals surface area contributed by atoms with E-state index in [1.807, 2.05) is 6.92 Å². The number of hydrogen-bond donors (Lipinski definition) is 2. The van der Waals surface area contributed by atoms with Crippen molar-refractivity contribution in [1.29, 1.82) is 0 Å². The van der Waals surface area contributed by atoms with E-state index in [4.69, 9.17) is 11.6 Å². The zero-order chi connectivity index (χ0) is 22.0. The Morgan fingerprint density at radius 1 is 1.03 bits per heavy atom. The summed E-state index contributed by atoms with van der Waals surface area (Å²) in [7, 11) is -4.09. The largest absolute Gasteiger partial charge is 0.324 e. The van der Waals surface area contributed by atoms with E-state index in [2.05, 4.69) is 18.8 Å². The molecule has 1 heterocycles. The number of carbonyl (C=O) groups excluding carboxylic acids is 1. The van der Waals surface area contributed by atoms with Gasteiger partial charge in [0.05, 0.1) is 11.7 Å². The lowest BCUT2D eigenvalue weighted by atomic mass is 10.1. The van der Waals surface area contributed by atoms with E-state index >= 15 is 0 Å². The van der Waals surface area contributed by atoms with Gasteiger partial charge in [0, 0.05) is 10.7 Å². The first kappa shape index (κ1) is 21.4.